The Balaban J connectivity index is 1.37. The Hall–Kier alpha value is -1.39. The first-order valence-corrected chi connectivity index (χ1v) is 7.92. The summed E-state index contributed by atoms with van der Waals surface area (Å²) in [6.07, 6.45) is 6.33. The first-order chi connectivity index (χ1) is 10.3. The van der Waals surface area contributed by atoms with Crippen molar-refractivity contribution in [3.8, 4) is 0 Å². The summed E-state index contributed by atoms with van der Waals surface area (Å²) in [6, 6.07) is 6.23. The van der Waals surface area contributed by atoms with Crippen molar-refractivity contribution in [2.24, 2.45) is 0 Å². The number of anilines is 1. The van der Waals surface area contributed by atoms with Crippen LogP contribution in [-0.2, 0) is 27.1 Å². The Labute approximate surface area is 125 Å². The smallest absolute Gasteiger partial charge is 0.226 e. The number of carbonyl (C=O) groups excluding carboxylic acids is 1. The molecular weight excluding hydrogens is 266 g/mol. The van der Waals surface area contributed by atoms with Crippen molar-refractivity contribution < 1.29 is 14.3 Å². The van der Waals surface area contributed by atoms with Crippen LogP contribution < -0.4 is 5.32 Å². The molecule has 1 aliphatic heterocycles. The van der Waals surface area contributed by atoms with Gasteiger partial charge in [-0.1, -0.05) is 6.07 Å². The van der Waals surface area contributed by atoms with Gasteiger partial charge in [0.25, 0.3) is 0 Å². The van der Waals surface area contributed by atoms with Gasteiger partial charge in [0, 0.05) is 12.3 Å². The van der Waals surface area contributed by atoms with E-state index in [-0.39, 0.29) is 12.0 Å². The number of ether oxygens (including phenoxy) is 2. The van der Waals surface area contributed by atoms with Gasteiger partial charge in [0.2, 0.25) is 5.91 Å². The van der Waals surface area contributed by atoms with Crippen molar-refractivity contribution in [3.63, 3.8) is 0 Å². The second kappa shape index (κ2) is 7.05. The summed E-state index contributed by atoms with van der Waals surface area (Å²) in [7, 11) is 0. The van der Waals surface area contributed by atoms with Crippen LogP contribution in [0, 0.1) is 0 Å². The fourth-order valence-corrected chi connectivity index (χ4v) is 3.03. The molecule has 0 unspecified atom stereocenters. The van der Waals surface area contributed by atoms with Crippen LogP contribution in [0.5, 0.6) is 0 Å². The minimum Gasteiger partial charge on any atom is -0.378 e. The molecule has 1 amide bonds. The average molecular weight is 289 g/mol. The monoisotopic (exact) mass is 289 g/mol. The number of carbonyl (C=O) groups is 1. The Morgan fingerprint density at radius 2 is 2.19 bits per heavy atom. The van der Waals surface area contributed by atoms with Gasteiger partial charge >= 0.3 is 0 Å². The number of fused-ring (bicyclic) bond motifs is 1. The third-order valence-corrected chi connectivity index (χ3v) is 4.18. The van der Waals surface area contributed by atoms with Crippen molar-refractivity contribution in [1.82, 2.24) is 0 Å². The maximum absolute atomic E-state index is 11.9. The van der Waals surface area contributed by atoms with Crippen LogP contribution in [-0.4, -0.2) is 31.8 Å². The zero-order chi connectivity index (χ0) is 14.5. The van der Waals surface area contributed by atoms with Gasteiger partial charge in [-0.25, -0.2) is 0 Å². The van der Waals surface area contributed by atoms with E-state index in [2.05, 4.69) is 17.4 Å². The SMILES string of the molecule is O=C(CCOC[C@H]1CCCO1)Nc1ccc2c(c1)CCC2. The van der Waals surface area contributed by atoms with Crippen molar-refractivity contribution in [2.75, 3.05) is 25.1 Å². The largest absolute Gasteiger partial charge is 0.378 e. The predicted octanol–water partition coefficient (Wildman–Crippen LogP) is 2.70. The Morgan fingerprint density at radius 1 is 1.29 bits per heavy atom. The zero-order valence-electron chi connectivity index (χ0n) is 12.4. The fraction of sp³-hybridized carbons (Fsp3) is 0.588. The summed E-state index contributed by atoms with van der Waals surface area (Å²) in [5, 5.41) is 2.95. The minimum atomic E-state index is 0.0142. The number of hydrogen-bond donors (Lipinski definition) is 1. The summed E-state index contributed by atoms with van der Waals surface area (Å²) >= 11 is 0. The molecule has 1 heterocycles. The third-order valence-electron chi connectivity index (χ3n) is 4.18. The molecule has 114 valence electrons. The van der Waals surface area contributed by atoms with Crippen LogP contribution in [0.15, 0.2) is 18.2 Å². The van der Waals surface area contributed by atoms with Gasteiger partial charge in [0.05, 0.1) is 25.7 Å². The van der Waals surface area contributed by atoms with Gasteiger partial charge in [-0.05, 0) is 55.4 Å². The quantitative estimate of drug-likeness (QED) is 0.819. The second-order valence-electron chi connectivity index (χ2n) is 5.85. The lowest BCUT2D eigenvalue weighted by Crippen LogP contribution is -2.18. The van der Waals surface area contributed by atoms with E-state index in [0.29, 0.717) is 19.6 Å². The Kier molecular flexibility index (Phi) is 4.88. The lowest BCUT2D eigenvalue weighted by molar-refractivity contribution is -0.117. The van der Waals surface area contributed by atoms with E-state index in [1.54, 1.807) is 0 Å². The van der Waals surface area contributed by atoms with Crippen LogP contribution in [0.3, 0.4) is 0 Å². The van der Waals surface area contributed by atoms with Crippen molar-refractivity contribution in [3.05, 3.63) is 29.3 Å². The van der Waals surface area contributed by atoms with Gasteiger partial charge in [-0.15, -0.1) is 0 Å². The maximum atomic E-state index is 11.9. The summed E-state index contributed by atoms with van der Waals surface area (Å²) in [5.74, 6) is 0.0142. The van der Waals surface area contributed by atoms with Gasteiger partial charge in [-0.2, -0.15) is 0 Å². The van der Waals surface area contributed by atoms with Gasteiger partial charge < -0.3 is 14.8 Å². The molecule has 1 atom stereocenters. The van der Waals surface area contributed by atoms with E-state index >= 15 is 0 Å². The molecule has 1 saturated heterocycles. The summed E-state index contributed by atoms with van der Waals surface area (Å²) in [4.78, 5) is 11.9. The predicted molar refractivity (Wildman–Crippen MR) is 81.5 cm³/mol. The molecule has 0 spiro atoms. The van der Waals surface area contributed by atoms with Crippen molar-refractivity contribution in [1.29, 1.82) is 0 Å². The molecule has 2 aliphatic rings. The summed E-state index contributed by atoms with van der Waals surface area (Å²) in [6.45, 7) is 1.90. The molecule has 1 aliphatic carbocycles. The lowest BCUT2D eigenvalue weighted by Gasteiger charge is -2.10. The van der Waals surface area contributed by atoms with E-state index in [9.17, 15) is 4.79 Å². The Morgan fingerprint density at radius 3 is 3.05 bits per heavy atom. The molecular formula is C17H23NO3. The molecule has 0 bridgehead atoms. The van der Waals surface area contributed by atoms with E-state index in [0.717, 1.165) is 31.6 Å². The molecule has 1 N–H and O–H groups in total. The van der Waals surface area contributed by atoms with Gasteiger partial charge in [-0.3, -0.25) is 4.79 Å². The Bertz CT molecular complexity index is 495. The van der Waals surface area contributed by atoms with Crippen LogP contribution in [0.4, 0.5) is 5.69 Å². The molecule has 1 aromatic rings. The first-order valence-electron chi connectivity index (χ1n) is 7.92. The first kappa shape index (κ1) is 14.5. The van der Waals surface area contributed by atoms with E-state index in [4.69, 9.17) is 9.47 Å². The highest BCUT2D eigenvalue weighted by Crippen LogP contribution is 2.24. The number of benzene rings is 1. The van der Waals surface area contributed by atoms with Crippen LogP contribution >= 0.6 is 0 Å². The fourth-order valence-electron chi connectivity index (χ4n) is 3.03. The lowest BCUT2D eigenvalue weighted by atomic mass is 10.1. The molecule has 0 radical (unpaired) electrons. The standard InChI is InChI=1S/C17H23NO3/c19-17(8-10-20-12-16-5-2-9-21-16)18-15-7-6-13-3-1-4-14(13)11-15/h6-7,11,16H,1-5,8-10,12H2,(H,18,19)/t16-/m1/s1. The minimum absolute atomic E-state index is 0.0142. The summed E-state index contributed by atoms with van der Waals surface area (Å²) in [5.41, 5.74) is 3.70. The van der Waals surface area contributed by atoms with Crippen molar-refractivity contribution >= 4 is 11.6 Å². The van der Waals surface area contributed by atoms with Crippen LogP contribution in [0.25, 0.3) is 0 Å². The van der Waals surface area contributed by atoms with Crippen LogP contribution in [0.1, 0.15) is 36.8 Å². The molecule has 4 heteroatoms. The van der Waals surface area contributed by atoms with Crippen LogP contribution in [0.2, 0.25) is 0 Å². The molecule has 3 rings (SSSR count). The molecule has 0 aromatic heterocycles. The van der Waals surface area contributed by atoms with E-state index < -0.39 is 0 Å². The molecule has 0 saturated carbocycles. The topological polar surface area (TPSA) is 47.6 Å². The van der Waals surface area contributed by atoms with E-state index in [1.165, 1.54) is 24.0 Å². The number of rotatable bonds is 6. The molecule has 21 heavy (non-hydrogen) atoms. The number of nitrogens with one attached hydrogen (secondary N) is 1. The molecule has 4 nitrogen and oxygen atoms in total. The summed E-state index contributed by atoms with van der Waals surface area (Å²) < 4.78 is 11.0. The highest BCUT2D eigenvalue weighted by atomic mass is 16.5. The third kappa shape index (κ3) is 4.05. The highest BCUT2D eigenvalue weighted by molar-refractivity contribution is 5.90. The van der Waals surface area contributed by atoms with Gasteiger partial charge in [0.15, 0.2) is 0 Å². The number of aryl methyl sites for hydroxylation is 2. The molecule has 1 fully saturated rings. The maximum Gasteiger partial charge on any atom is 0.226 e. The molecule has 1 aromatic carbocycles. The zero-order valence-corrected chi connectivity index (χ0v) is 12.4. The second-order valence-corrected chi connectivity index (χ2v) is 5.85. The highest BCUT2D eigenvalue weighted by Gasteiger charge is 2.15. The normalized spacial score (nSPS) is 20.5. The number of amides is 1. The van der Waals surface area contributed by atoms with Gasteiger partial charge in [0.1, 0.15) is 0 Å². The number of hydrogen-bond acceptors (Lipinski definition) is 3. The average Bonchev–Trinajstić information content (AvgIpc) is 3.14. The van der Waals surface area contributed by atoms with Crippen molar-refractivity contribution in [2.45, 2.75) is 44.6 Å². The van der Waals surface area contributed by atoms with E-state index in [1.807, 2.05) is 6.07 Å².